The monoisotopic (exact) mass is 331 g/mol. The second kappa shape index (κ2) is 16.7. The largest absolute Gasteiger partial charge is 0.348 e. The van der Waals surface area contributed by atoms with Crippen molar-refractivity contribution in [2.45, 2.75) is 104 Å². The summed E-state index contributed by atoms with van der Waals surface area (Å²) < 4.78 is 17.2. The molecule has 4 nitrogen and oxygen atoms in total. The maximum atomic E-state index is 6.18. The van der Waals surface area contributed by atoms with Crippen LogP contribution in [0.2, 0.25) is 0 Å². The highest BCUT2D eigenvalue weighted by molar-refractivity contribution is 4.51. The molecule has 0 aliphatic rings. The van der Waals surface area contributed by atoms with Crippen LogP contribution in [0.15, 0.2) is 0 Å². The summed E-state index contributed by atoms with van der Waals surface area (Å²) in [5.74, 6) is 0. The Bertz CT molecular complexity index is 201. The van der Waals surface area contributed by atoms with E-state index in [-0.39, 0.29) is 0 Å². The van der Waals surface area contributed by atoms with Gasteiger partial charge in [0.05, 0.1) is 19.8 Å². The average molecular weight is 332 g/mol. The lowest BCUT2D eigenvalue weighted by Crippen LogP contribution is -2.49. The Hall–Kier alpha value is -0.160. The standard InChI is InChI=1S/C19H41NO3/c1-4-7-10-13-16-21-19(20,22-17-14-11-8-5-2)23-18-15-12-9-6-3/h4-18,20H2,1-3H3. The minimum Gasteiger partial charge on any atom is -0.314 e. The molecule has 0 rings (SSSR count). The van der Waals surface area contributed by atoms with Gasteiger partial charge in [0.25, 0.3) is 0 Å². The summed E-state index contributed by atoms with van der Waals surface area (Å²) in [5, 5.41) is 0. The van der Waals surface area contributed by atoms with Gasteiger partial charge in [0, 0.05) is 0 Å². The first kappa shape index (κ1) is 22.8. The van der Waals surface area contributed by atoms with Crippen LogP contribution in [-0.4, -0.2) is 25.9 Å². The molecule has 0 aliphatic carbocycles. The zero-order valence-corrected chi connectivity index (χ0v) is 15.9. The van der Waals surface area contributed by atoms with E-state index >= 15 is 0 Å². The van der Waals surface area contributed by atoms with Crippen molar-refractivity contribution < 1.29 is 14.2 Å². The fourth-order valence-electron chi connectivity index (χ4n) is 2.35. The van der Waals surface area contributed by atoms with Crippen molar-refractivity contribution in [3.8, 4) is 0 Å². The van der Waals surface area contributed by atoms with Crippen molar-refractivity contribution >= 4 is 0 Å². The van der Waals surface area contributed by atoms with Crippen LogP contribution < -0.4 is 5.73 Å². The first-order chi connectivity index (χ1) is 11.2. The third-order valence-corrected chi connectivity index (χ3v) is 3.90. The van der Waals surface area contributed by atoms with Gasteiger partial charge in [0.15, 0.2) is 0 Å². The summed E-state index contributed by atoms with van der Waals surface area (Å²) in [6.45, 7) is 8.40. The highest BCUT2D eigenvalue weighted by Gasteiger charge is 2.27. The highest BCUT2D eigenvalue weighted by Crippen LogP contribution is 2.13. The van der Waals surface area contributed by atoms with Gasteiger partial charge in [-0.2, -0.15) is 0 Å². The fourth-order valence-corrected chi connectivity index (χ4v) is 2.35. The van der Waals surface area contributed by atoms with Crippen molar-refractivity contribution in [2.24, 2.45) is 5.73 Å². The number of hydrogen-bond donors (Lipinski definition) is 1. The smallest absolute Gasteiger partial charge is 0.314 e. The molecule has 0 aromatic heterocycles. The van der Waals surface area contributed by atoms with Crippen molar-refractivity contribution in [1.82, 2.24) is 0 Å². The van der Waals surface area contributed by atoms with Crippen molar-refractivity contribution in [2.75, 3.05) is 19.8 Å². The number of unbranched alkanes of at least 4 members (excludes halogenated alkanes) is 9. The Balaban J connectivity index is 4.00. The van der Waals surface area contributed by atoms with E-state index in [2.05, 4.69) is 20.8 Å². The summed E-state index contributed by atoms with van der Waals surface area (Å²) in [5.41, 5.74) is 6.18. The Kier molecular flexibility index (Phi) is 16.6. The van der Waals surface area contributed by atoms with E-state index < -0.39 is 6.10 Å². The molecule has 0 atom stereocenters. The predicted molar refractivity (Wildman–Crippen MR) is 97.2 cm³/mol. The zero-order chi connectivity index (χ0) is 17.2. The third-order valence-electron chi connectivity index (χ3n) is 3.90. The molecule has 0 saturated heterocycles. The van der Waals surface area contributed by atoms with Gasteiger partial charge >= 0.3 is 6.10 Å². The second-order valence-electron chi connectivity index (χ2n) is 6.33. The molecule has 0 aromatic rings. The van der Waals surface area contributed by atoms with Crippen molar-refractivity contribution in [3.63, 3.8) is 0 Å². The first-order valence-corrected chi connectivity index (χ1v) is 9.89. The minimum atomic E-state index is -1.36. The molecular formula is C19H41NO3. The molecule has 0 bridgehead atoms. The number of rotatable bonds is 18. The van der Waals surface area contributed by atoms with E-state index in [1.54, 1.807) is 0 Å². The normalized spacial score (nSPS) is 12.0. The quantitative estimate of drug-likeness (QED) is 0.272. The molecule has 140 valence electrons. The lowest BCUT2D eigenvalue weighted by Gasteiger charge is -2.29. The summed E-state index contributed by atoms with van der Waals surface area (Å²) in [6.07, 6.45) is 12.5. The van der Waals surface area contributed by atoms with Crippen LogP contribution in [0.25, 0.3) is 0 Å². The lowest BCUT2D eigenvalue weighted by atomic mass is 10.2. The number of hydrogen-bond acceptors (Lipinski definition) is 4. The van der Waals surface area contributed by atoms with Gasteiger partial charge in [0.2, 0.25) is 0 Å². The maximum absolute atomic E-state index is 6.18. The van der Waals surface area contributed by atoms with Crippen LogP contribution in [0.4, 0.5) is 0 Å². The predicted octanol–water partition coefficient (Wildman–Crippen LogP) is 5.35. The molecule has 0 spiro atoms. The van der Waals surface area contributed by atoms with E-state index in [0.29, 0.717) is 19.8 Å². The lowest BCUT2D eigenvalue weighted by molar-refractivity contribution is -0.378. The van der Waals surface area contributed by atoms with E-state index in [1.165, 1.54) is 57.8 Å². The molecule has 4 heteroatoms. The first-order valence-electron chi connectivity index (χ1n) is 9.89. The van der Waals surface area contributed by atoms with Crippen molar-refractivity contribution in [3.05, 3.63) is 0 Å². The van der Waals surface area contributed by atoms with Crippen LogP contribution in [0.5, 0.6) is 0 Å². The Morgan fingerprint density at radius 2 is 0.826 bits per heavy atom. The molecule has 23 heavy (non-hydrogen) atoms. The topological polar surface area (TPSA) is 53.7 Å². The average Bonchev–Trinajstić information content (AvgIpc) is 2.54. The van der Waals surface area contributed by atoms with Gasteiger partial charge in [-0.1, -0.05) is 78.6 Å². The molecule has 0 heterocycles. The van der Waals surface area contributed by atoms with Crippen molar-refractivity contribution in [1.29, 1.82) is 0 Å². The Labute approximate surface area is 144 Å². The van der Waals surface area contributed by atoms with Gasteiger partial charge in [-0.25, -0.2) is 0 Å². The SMILES string of the molecule is CCCCCCOC(N)(OCCCCCC)OCCCCCC. The van der Waals surface area contributed by atoms with Gasteiger partial charge in [0.1, 0.15) is 0 Å². The van der Waals surface area contributed by atoms with Crippen LogP contribution in [0, 0.1) is 0 Å². The number of nitrogens with two attached hydrogens (primary N) is 1. The van der Waals surface area contributed by atoms with Crippen LogP contribution in [0.3, 0.4) is 0 Å². The molecular weight excluding hydrogens is 290 g/mol. The van der Waals surface area contributed by atoms with Crippen LogP contribution in [-0.2, 0) is 14.2 Å². The van der Waals surface area contributed by atoms with E-state index in [0.717, 1.165) is 19.3 Å². The summed E-state index contributed by atoms with van der Waals surface area (Å²) in [4.78, 5) is 0. The van der Waals surface area contributed by atoms with Crippen LogP contribution in [0.1, 0.15) is 97.8 Å². The molecule has 0 fully saturated rings. The molecule has 0 saturated carbocycles. The van der Waals surface area contributed by atoms with E-state index in [9.17, 15) is 0 Å². The van der Waals surface area contributed by atoms with E-state index in [4.69, 9.17) is 19.9 Å². The van der Waals surface area contributed by atoms with E-state index in [1.807, 2.05) is 0 Å². The zero-order valence-electron chi connectivity index (χ0n) is 15.9. The Morgan fingerprint density at radius 1 is 0.522 bits per heavy atom. The number of ether oxygens (including phenoxy) is 3. The van der Waals surface area contributed by atoms with Gasteiger partial charge in [-0.3, -0.25) is 5.73 Å². The molecule has 0 radical (unpaired) electrons. The Morgan fingerprint density at radius 3 is 1.09 bits per heavy atom. The second-order valence-corrected chi connectivity index (χ2v) is 6.33. The molecule has 0 amide bonds. The fraction of sp³-hybridized carbons (Fsp3) is 1.00. The van der Waals surface area contributed by atoms with Gasteiger partial charge in [-0.15, -0.1) is 0 Å². The van der Waals surface area contributed by atoms with Crippen LogP contribution >= 0.6 is 0 Å². The third kappa shape index (κ3) is 15.1. The minimum absolute atomic E-state index is 0.598. The highest BCUT2D eigenvalue weighted by atomic mass is 16.9. The maximum Gasteiger partial charge on any atom is 0.348 e. The molecule has 0 unspecified atom stereocenters. The van der Waals surface area contributed by atoms with Gasteiger partial charge in [-0.05, 0) is 19.3 Å². The van der Waals surface area contributed by atoms with Gasteiger partial charge < -0.3 is 14.2 Å². The molecule has 0 aromatic carbocycles. The summed E-state index contributed by atoms with van der Waals surface area (Å²) in [7, 11) is 0. The molecule has 2 N–H and O–H groups in total. The summed E-state index contributed by atoms with van der Waals surface area (Å²) >= 11 is 0. The molecule has 0 aliphatic heterocycles. The summed E-state index contributed by atoms with van der Waals surface area (Å²) in [6, 6.07) is 0.